The average Bonchev–Trinajstić information content (AvgIpc) is 2.67. The Morgan fingerprint density at radius 3 is 1.94 bits per heavy atom. The number of carboxylic acid groups (broad SMARTS) is 2. The molecule has 0 bridgehead atoms. The molecule has 0 aromatic rings. The van der Waals surface area contributed by atoms with Crippen molar-refractivity contribution >= 4 is 35.6 Å². The van der Waals surface area contributed by atoms with Crippen molar-refractivity contribution in [1.29, 1.82) is 0 Å². The second-order valence-corrected chi connectivity index (χ2v) is 7.46. The number of carbonyl (C=O) groups is 5. The lowest BCUT2D eigenvalue weighted by Gasteiger charge is -2.24. The molecule has 11 N–H and O–H groups in total. The molecule has 3 amide bonds. The summed E-state index contributed by atoms with van der Waals surface area (Å²) in [5.41, 5.74) is 15.7. The van der Waals surface area contributed by atoms with Gasteiger partial charge in [-0.05, 0) is 25.2 Å². The number of aliphatic imine (C=N–C) groups is 1. The van der Waals surface area contributed by atoms with Gasteiger partial charge in [0.2, 0.25) is 17.7 Å². The average molecular weight is 460 g/mol. The molecule has 0 heterocycles. The van der Waals surface area contributed by atoms with Gasteiger partial charge < -0.3 is 43.4 Å². The molecule has 0 aliphatic carbocycles. The standard InChI is InChI=1S/C18H33N7O7/c1-9(2)6-12(17(31)32)25-16(30)11(7-14(27)28)24-15(29)10(23-13(26)8-19)4-3-5-22-18(20)21/h9-12H,3-8,19H2,1-2H3,(H,23,26)(H,24,29)(H,25,30)(H,27,28)(H,31,32)(H4,20,21,22). The van der Waals surface area contributed by atoms with Crippen LogP contribution in [0.4, 0.5) is 0 Å². The molecule has 0 aliphatic rings. The van der Waals surface area contributed by atoms with Crippen LogP contribution in [0.2, 0.25) is 0 Å². The molecule has 0 aliphatic heterocycles. The van der Waals surface area contributed by atoms with Gasteiger partial charge in [0.25, 0.3) is 0 Å². The smallest absolute Gasteiger partial charge is 0.326 e. The van der Waals surface area contributed by atoms with E-state index in [1.807, 2.05) is 0 Å². The minimum Gasteiger partial charge on any atom is -0.481 e. The Hall–Kier alpha value is -3.42. The molecule has 0 rings (SSSR count). The van der Waals surface area contributed by atoms with E-state index >= 15 is 0 Å². The first kappa shape index (κ1) is 28.6. The van der Waals surface area contributed by atoms with E-state index in [1.54, 1.807) is 13.8 Å². The van der Waals surface area contributed by atoms with Crippen molar-refractivity contribution in [2.75, 3.05) is 13.1 Å². The van der Waals surface area contributed by atoms with Gasteiger partial charge in [-0.25, -0.2) is 4.79 Å². The Balaban J connectivity index is 5.40. The van der Waals surface area contributed by atoms with Crippen LogP contribution >= 0.6 is 0 Å². The highest BCUT2D eigenvalue weighted by molar-refractivity contribution is 5.95. The Kier molecular flexibility index (Phi) is 13.0. The Bertz CT molecular complexity index is 708. The summed E-state index contributed by atoms with van der Waals surface area (Å²) >= 11 is 0. The molecule has 0 spiro atoms. The minimum absolute atomic E-state index is 0.0648. The number of hydrogen-bond donors (Lipinski definition) is 8. The van der Waals surface area contributed by atoms with E-state index in [4.69, 9.17) is 22.3 Å². The van der Waals surface area contributed by atoms with Crippen LogP contribution in [-0.2, 0) is 24.0 Å². The third kappa shape index (κ3) is 12.3. The van der Waals surface area contributed by atoms with Crippen LogP contribution in [0.25, 0.3) is 0 Å². The van der Waals surface area contributed by atoms with E-state index in [9.17, 15) is 29.1 Å². The summed E-state index contributed by atoms with van der Waals surface area (Å²) in [5.74, 6) is -5.35. The number of amides is 3. The van der Waals surface area contributed by atoms with Crippen molar-refractivity contribution < 1.29 is 34.2 Å². The Labute approximate surface area is 185 Å². The zero-order valence-electron chi connectivity index (χ0n) is 18.2. The molecule has 0 saturated carbocycles. The molecule has 0 fully saturated rings. The van der Waals surface area contributed by atoms with Crippen LogP contribution < -0.4 is 33.2 Å². The van der Waals surface area contributed by atoms with Gasteiger partial charge in [-0.3, -0.25) is 24.2 Å². The Morgan fingerprint density at radius 1 is 0.906 bits per heavy atom. The van der Waals surface area contributed by atoms with Gasteiger partial charge >= 0.3 is 11.9 Å². The molecule has 3 unspecified atom stereocenters. The lowest BCUT2D eigenvalue weighted by molar-refractivity contribution is -0.144. The van der Waals surface area contributed by atoms with Crippen molar-refractivity contribution in [3.63, 3.8) is 0 Å². The van der Waals surface area contributed by atoms with Crippen molar-refractivity contribution in [3.8, 4) is 0 Å². The molecule has 182 valence electrons. The predicted molar refractivity (Wildman–Crippen MR) is 114 cm³/mol. The van der Waals surface area contributed by atoms with Gasteiger partial charge in [0, 0.05) is 6.54 Å². The molecule has 32 heavy (non-hydrogen) atoms. The number of nitrogens with one attached hydrogen (secondary N) is 3. The fourth-order valence-electron chi connectivity index (χ4n) is 2.65. The first-order valence-electron chi connectivity index (χ1n) is 9.97. The third-order valence-corrected chi connectivity index (χ3v) is 4.12. The molecule has 3 atom stereocenters. The summed E-state index contributed by atoms with van der Waals surface area (Å²) in [6.45, 7) is 3.28. The second kappa shape index (κ2) is 14.6. The highest BCUT2D eigenvalue weighted by atomic mass is 16.4. The number of guanidine groups is 1. The van der Waals surface area contributed by atoms with E-state index in [-0.39, 0.29) is 37.7 Å². The molecule has 14 nitrogen and oxygen atoms in total. The van der Waals surface area contributed by atoms with Crippen LogP contribution in [0.1, 0.15) is 39.5 Å². The van der Waals surface area contributed by atoms with Crippen LogP contribution in [-0.4, -0.2) is 77.0 Å². The van der Waals surface area contributed by atoms with E-state index in [0.717, 1.165) is 0 Å². The fraction of sp³-hybridized carbons (Fsp3) is 0.667. The van der Waals surface area contributed by atoms with E-state index in [0.29, 0.717) is 0 Å². The number of nitrogens with two attached hydrogens (primary N) is 3. The summed E-state index contributed by atoms with van der Waals surface area (Å²) in [4.78, 5) is 63.2. The highest BCUT2D eigenvalue weighted by Crippen LogP contribution is 2.07. The van der Waals surface area contributed by atoms with Crippen LogP contribution in [0.3, 0.4) is 0 Å². The largest absolute Gasteiger partial charge is 0.481 e. The minimum atomic E-state index is -1.57. The number of carbonyl (C=O) groups excluding carboxylic acids is 3. The fourth-order valence-corrected chi connectivity index (χ4v) is 2.65. The predicted octanol–water partition coefficient (Wildman–Crippen LogP) is -2.94. The van der Waals surface area contributed by atoms with Crippen LogP contribution in [0.5, 0.6) is 0 Å². The van der Waals surface area contributed by atoms with Crippen molar-refractivity contribution in [1.82, 2.24) is 16.0 Å². The molecule has 14 heteroatoms. The van der Waals surface area contributed by atoms with Gasteiger partial charge in [0.05, 0.1) is 13.0 Å². The molecular weight excluding hydrogens is 426 g/mol. The monoisotopic (exact) mass is 459 g/mol. The number of aliphatic carboxylic acids is 2. The summed E-state index contributed by atoms with van der Waals surface area (Å²) in [7, 11) is 0. The van der Waals surface area contributed by atoms with E-state index in [2.05, 4.69) is 20.9 Å². The maximum absolute atomic E-state index is 12.7. The van der Waals surface area contributed by atoms with Crippen LogP contribution in [0, 0.1) is 5.92 Å². The van der Waals surface area contributed by atoms with Crippen molar-refractivity contribution in [3.05, 3.63) is 0 Å². The number of carboxylic acids is 2. The Morgan fingerprint density at radius 2 is 1.47 bits per heavy atom. The van der Waals surface area contributed by atoms with Gasteiger partial charge in [0.1, 0.15) is 18.1 Å². The molecule has 0 saturated heterocycles. The molecular formula is C18H33N7O7. The lowest BCUT2D eigenvalue weighted by atomic mass is 10.0. The topological polar surface area (TPSA) is 252 Å². The normalized spacial score (nSPS) is 13.4. The van der Waals surface area contributed by atoms with Crippen LogP contribution in [0.15, 0.2) is 4.99 Å². The first-order valence-corrected chi connectivity index (χ1v) is 9.97. The maximum atomic E-state index is 12.7. The van der Waals surface area contributed by atoms with E-state index < -0.39 is 60.8 Å². The summed E-state index contributed by atoms with van der Waals surface area (Å²) in [6.07, 6.45) is -0.334. The first-order chi connectivity index (χ1) is 14.9. The zero-order valence-corrected chi connectivity index (χ0v) is 18.2. The quantitative estimate of drug-likeness (QED) is 0.0702. The van der Waals surface area contributed by atoms with Gasteiger partial charge in [-0.15, -0.1) is 0 Å². The summed E-state index contributed by atoms with van der Waals surface area (Å²) in [5, 5.41) is 25.3. The van der Waals surface area contributed by atoms with Crippen molar-refractivity contribution in [2.45, 2.75) is 57.7 Å². The third-order valence-electron chi connectivity index (χ3n) is 4.12. The van der Waals surface area contributed by atoms with Gasteiger partial charge in [0.15, 0.2) is 5.96 Å². The molecule has 0 radical (unpaired) electrons. The second-order valence-electron chi connectivity index (χ2n) is 7.46. The maximum Gasteiger partial charge on any atom is 0.326 e. The van der Waals surface area contributed by atoms with E-state index in [1.165, 1.54) is 0 Å². The molecule has 0 aromatic carbocycles. The lowest BCUT2D eigenvalue weighted by Crippen LogP contribution is -2.56. The number of rotatable bonds is 15. The molecule has 0 aromatic heterocycles. The SMILES string of the molecule is CC(C)CC(NC(=O)C(CC(=O)O)NC(=O)C(CCCN=C(N)N)NC(=O)CN)C(=O)O. The van der Waals surface area contributed by atoms with Gasteiger partial charge in [-0.1, -0.05) is 13.8 Å². The van der Waals surface area contributed by atoms with Crippen molar-refractivity contribution in [2.24, 2.45) is 28.1 Å². The number of nitrogens with zero attached hydrogens (tertiary/aromatic N) is 1. The highest BCUT2D eigenvalue weighted by Gasteiger charge is 2.31. The number of hydrogen-bond acceptors (Lipinski definition) is 7. The zero-order chi connectivity index (χ0) is 24.8. The summed E-state index contributed by atoms with van der Waals surface area (Å²) in [6, 6.07) is -3.97. The summed E-state index contributed by atoms with van der Waals surface area (Å²) < 4.78 is 0. The van der Waals surface area contributed by atoms with Gasteiger partial charge in [-0.2, -0.15) is 0 Å².